The summed E-state index contributed by atoms with van der Waals surface area (Å²) in [6.45, 7) is 2.77. The van der Waals surface area contributed by atoms with Gasteiger partial charge in [-0.2, -0.15) is 0 Å². The van der Waals surface area contributed by atoms with E-state index in [4.69, 9.17) is 0 Å². The zero-order valence-corrected chi connectivity index (χ0v) is 15.4. The first-order valence-corrected chi connectivity index (χ1v) is 8.75. The van der Waals surface area contributed by atoms with Crippen molar-refractivity contribution in [3.63, 3.8) is 0 Å². The van der Waals surface area contributed by atoms with Crippen LogP contribution in [0.5, 0.6) is 5.75 Å². The lowest BCUT2D eigenvalue weighted by Crippen LogP contribution is -2.52. The predicted molar refractivity (Wildman–Crippen MR) is 102 cm³/mol. The highest BCUT2D eigenvalue weighted by Crippen LogP contribution is 2.12. The van der Waals surface area contributed by atoms with Crippen LogP contribution >= 0.6 is 0 Å². The molecular formula is C21H24N2O4. The average Bonchev–Trinajstić information content (AvgIpc) is 2.62. The van der Waals surface area contributed by atoms with E-state index in [9.17, 15) is 19.5 Å². The largest absolute Gasteiger partial charge is 0.508 e. The third-order valence-corrected chi connectivity index (χ3v) is 4.16. The van der Waals surface area contributed by atoms with Crippen molar-refractivity contribution in [2.24, 2.45) is 0 Å². The smallest absolute Gasteiger partial charge is 0.243 e. The van der Waals surface area contributed by atoms with Crippen LogP contribution < -0.4 is 10.6 Å². The Bertz CT molecular complexity index is 788. The molecule has 6 heteroatoms. The Labute approximate surface area is 158 Å². The molecule has 0 bridgehead atoms. The molecule has 0 fully saturated rings. The summed E-state index contributed by atoms with van der Waals surface area (Å²) in [4.78, 5) is 36.2. The third kappa shape index (κ3) is 6.58. The van der Waals surface area contributed by atoms with E-state index in [0.29, 0.717) is 6.42 Å². The van der Waals surface area contributed by atoms with Crippen LogP contribution in [0.3, 0.4) is 0 Å². The zero-order valence-electron chi connectivity index (χ0n) is 15.4. The summed E-state index contributed by atoms with van der Waals surface area (Å²) in [6.07, 6.45) is 0.634. The van der Waals surface area contributed by atoms with Gasteiger partial charge in [0.05, 0.1) is 6.04 Å². The molecule has 0 aliphatic heterocycles. The lowest BCUT2D eigenvalue weighted by atomic mass is 10.0. The highest BCUT2D eigenvalue weighted by molar-refractivity contribution is 5.92. The van der Waals surface area contributed by atoms with E-state index >= 15 is 0 Å². The molecule has 6 nitrogen and oxygen atoms in total. The van der Waals surface area contributed by atoms with Crippen LogP contribution in [-0.2, 0) is 27.2 Å². The Hall–Kier alpha value is -3.15. The van der Waals surface area contributed by atoms with Crippen molar-refractivity contribution in [2.45, 2.75) is 38.8 Å². The molecule has 0 heterocycles. The summed E-state index contributed by atoms with van der Waals surface area (Å²) in [7, 11) is 0. The van der Waals surface area contributed by atoms with Gasteiger partial charge in [-0.3, -0.25) is 14.4 Å². The van der Waals surface area contributed by atoms with Gasteiger partial charge in [0.25, 0.3) is 0 Å². The monoisotopic (exact) mass is 368 g/mol. The summed E-state index contributed by atoms with van der Waals surface area (Å²) in [6, 6.07) is 14.3. The Balaban J connectivity index is 2.10. The van der Waals surface area contributed by atoms with Crippen molar-refractivity contribution in [2.75, 3.05) is 0 Å². The Morgan fingerprint density at radius 2 is 1.37 bits per heavy atom. The number of benzene rings is 2. The van der Waals surface area contributed by atoms with Crippen LogP contribution in [0.15, 0.2) is 54.6 Å². The van der Waals surface area contributed by atoms with E-state index < -0.39 is 18.0 Å². The number of nitrogens with one attached hydrogen (secondary N) is 2. The minimum absolute atomic E-state index is 0.124. The summed E-state index contributed by atoms with van der Waals surface area (Å²) >= 11 is 0. The number of aromatic hydroxyl groups is 1. The van der Waals surface area contributed by atoms with Crippen molar-refractivity contribution in [1.82, 2.24) is 10.6 Å². The van der Waals surface area contributed by atoms with E-state index in [2.05, 4.69) is 10.6 Å². The third-order valence-electron chi connectivity index (χ3n) is 4.16. The first kappa shape index (κ1) is 20.2. The molecule has 0 aromatic heterocycles. The number of hydrogen-bond acceptors (Lipinski definition) is 4. The van der Waals surface area contributed by atoms with Gasteiger partial charge >= 0.3 is 0 Å². The number of Topliss-reactive ketones (excluding diaryl/α,β-unsaturated/α-hetero) is 1. The summed E-state index contributed by atoms with van der Waals surface area (Å²) < 4.78 is 0. The summed E-state index contributed by atoms with van der Waals surface area (Å²) in [5.74, 6) is -0.789. The molecule has 0 saturated heterocycles. The van der Waals surface area contributed by atoms with Crippen LogP contribution in [0, 0.1) is 0 Å². The quantitative estimate of drug-likeness (QED) is 0.662. The van der Waals surface area contributed by atoms with Crippen LogP contribution in [0.4, 0.5) is 0 Å². The van der Waals surface area contributed by atoms with Crippen molar-refractivity contribution >= 4 is 17.6 Å². The summed E-state index contributed by atoms with van der Waals surface area (Å²) in [5.41, 5.74) is 1.72. The molecule has 2 atom stereocenters. The Morgan fingerprint density at radius 1 is 0.815 bits per heavy atom. The number of amides is 2. The molecule has 2 amide bonds. The normalized spacial score (nSPS) is 12.7. The number of phenols is 1. The van der Waals surface area contributed by atoms with E-state index in [-0.39, 0.29) is 23.9 Å². The molecule has 2 aromatic carbocycles. The molecule has 2 aromatic rings. The lowest BCUT2D eigenvalue weighted by molar-refractivity contribution is -0.130. The fraction of sp³-hybridized carbons (Fsp3) is 0.286. The second-order valence-electron chi connectivity index (χ2n) is 6.49. The van der Waals surface area contributed by atoms with Gasteiger partial charge in [-0.15, -0.1) is 0 Å². The fourth-order valence-electron chi connectivity index (χ4n) is 2.74. The number of hydrogen-bond donors (Lipinski definition) is 3. The summed E-state index contributed by atoms with van der Waals surface area (Å²) in [5, 5.41) is 14.8. The number of carbonyl (C=O) groups excluding carboxylic acids is 3. The molecule has 0 unspecified atom stereocenters. The van der Waals surface area contributed by atoms with Gasteiger partial charge in [-0.25, -0.2) is 0 Å². The molecule has 3 N–H and O–H groups in total. The van der Waals surface area contributed by atoms with E-state index in [1.54, 1.807) is 12.1 Å². The average molecular weight is 368 g/mol. The molecule has 0 aliphatic rings. The number of ketones is 1. The molecule has 0 aliphatic carbocycles. The first-order valence-electron chi connectivity index (χ1n) is 8.75. The van der Waals surface area contributed by atoms with Gasteiger partial charge in [-0.1, -0.05) is 42.5 Å². The van der Waals surface area contributed by atoms with Gasteiger partial charge < -0.3 is 15.7 Å². The van der Waals surface area contributed by atoms with Crippen LogP contribution in [0.1, 0.15) is 25.0 Å². The number of phenolic OH excluding ortho intramolecular Hbond substituents is 1. The maximum absolute atomic E-state index is 12.7. The first-order chi connectivity index (χ1) is 12.8. The van der Waals surface area contributed by atoms with E-state index in [1.165, 1.54) is 26.0 Å². The van der Waals surface area contributed by atoms with E-state index in [0.717, 1.165) is 11.1 Å². The van der Waals surface area contributed by atoms with Gasteiger partial charge in [0.15, 0.2) is 5.78 Å². The predicted octanol–water partition coefficient (Wildman–Crippen LogP) is 1.76. The molecule has 142 valence electrons. The van der Waals surface area contributed by atoms with Gasteiger partial charge in [0.1, 0.15) is 11.8 Å². The van der Waals surface area contributed by atoms with Gasteiger partial charge in [0, 0.05) is 13.3 Å². The lowest BCUT2D eigenvalue weighted by Gasteiger charge is -2.22. The fourth-order valence-corrected chi connectivity index (χ4v) is 2.74. The molecule has 0 radical (unpaired) electrons. The van der Waals surface area contributed by atoms with Crippen LogP contribution in [0.2, 0.25) is 0 Å². The maximum Gasteiger partial charge on any atom is 0.243 e. The molecular weight excluding hydrogens is 344 g/mol. The SMILES string of the molecule is CC(=O)N[C@@H](Cc1ccc(O)cc1)C(=O)N[C@H](Cc1ccccc1)C(C)=O. The molecule has 0 spiro atoms. The zero-order chi connectivity index (χ0) is 19.8. The van der Waals surface area contributed by atoms with Gasteiger partial charge in [0.2, 0.25) is 11.8 Å². The highest BCUT2D eigenvalue weighted by atomic mass is 16.3. The van der Waals surface area contributed by atoms with E-state index in [1.807, 2.05) is 30.3 Å². The number of carbonyl (C=O) groups is 3. The Morgan fingerprint density at radius 3 is 1.93 bits per heavy atom. The maximum atomic E-state index is 12.7. The molecule has 27 heavy (non-hydrogen) atoms. The molecule has 0 saturated carbocycles. The minimum atomic E-state index is -0.815. The van der Waals surface area contributed by atoms with Crippen LogP contribution in [-0.4, -0.2) is 34.8 Å². The minimum Gasteiger partial charge on any atom is -0.508 e. The van der Waals surface area contributed by atoms with Gasteiger partial charge in [-0.05, 0) is 36.6 Å². The van der Waals surface area contributed by atoms with Crippen molar-refractivity contribution in [1.29, 1.82) is 0 Å². The standard InChI is InChI=1S/C21H24N2O4/c1-14(24)19(12-16-6-4-3-5-7-16)23-21(27)20(22-15(2)25)13-17-8-10-18(26)11-9-17/h3-11,19-20,26H,12-13H2,1-2H3,(H,22,25)(H,23,27)/t19-,20+/m1/s1. The second-order valence-corrected chi connectivity index (χ2v) is 6.49. The molecule has 2 rings (SSSR count). The highest BCUT2D eigenvalue weighted by Gasteiger charge is 2.25. The Kier molecular flexibility index (Phi) is 7.11. The van der Waals surface area contributed by atoms with Crippen molar-refractivity contribution < 1.29 is 19.5 Å². The second kappa shape index (κ2) is 9.52. The number of rotatable bonds is 8. The van der Waals surface area contributed by atoms with Crippen molar-refractivity contribution in [3.05, 3.63) is 65.7 Å². The topological polar surface area (TPSA) is 95.5 Å². The van der Waals surface area contributed by atoms with Crippen LogP contribution in [0.25, 0.3) is 0 Å². The van der Waals surface area contributed by atoms with Crippen molar-refractivity contribution in [3.8, 4) is 5.75 Å².